The fourth-order valence-corrected chi connectivity index (χ4v) is 4.56. The summed E-state index contributed by atoms with van der Waals surface area (Å²) < 4.78 is 6.61. The van der Waals surface area contributed by atoms with Crippen LogP contribution < -0.4 is 15.6 Å². The van der Waals surface area contributed by atoms with Crippen LogP contribution in [0, 0.1) is 0 Å². The second kappa shape index (κ2) is 9.80. The van der Waals surface area contributed by atoms with Crippen LogP contribution in [0.15, 0.2) is 59.7 Å². The molecule has 30 heavy (non-hydrogen) atoms. The first kappa shape index (κ1) is 20.5. The first-order valence-corrected chi connectivity index (χ1v) is 10.9. The fraction of sp³-hybridized carbons (Fsp3) is 0.318. The maximum atomic E-state index is 12.3. The van der Waals surface area contributed by atoms with Crippen molar-refractivity contribution in [1.29, 1.82) is 0 Å². The lowest BCUT2D eigenvalue weighted by Crippen LogP contribution is -3.15. The van der Waals surface area contributed by atoms with E-state index in [9.17, 15) is 4.79 Å². The van der Waals surface area contributed by atoms with Crippen LogP contribution in [0.5, 0.6) is 0 Å². The molecule has 4 rings (SSSR count). The lowest BCUT2D eigenvalue weighted by molar-refractivity contribution is -0.928. The van der Waals surface area contributed by atoms with Gasteiger partial charge in [0, 0.05) is 5.56 Å². The largest absolute Gasteiger partial charge is 0.370 e. The number of rotatable bonds is 7. The van der Waals surface area contributed by atoms with E-state index in [1.54, 1.807) is 0 Å². The number of benzene rings is 2. The summed E-state index contributed by atoms with van der Waals surface area (Å²) in [7, 11) is 0. The number of anilines is 1. The molecule has 1 fully saturated rings. The first-order valence-electron chi connectivity index (χ1n) is 10.1. The molecule has 0 saturated carbocycles. The average Bonchev–Trinajstić information content (AvgIpc) is 3.21. The predicted molar refractivity (Wildman–Crippen MR) is 120 cm³/mol. The molecule has 2 aromatic carbocycles. The molecule has 8 heteroatoms. The van der Waals surface area contributed by atoms with E-state index < -0.39 is 0 Å². The molecule has 1 aliphatic rings. The number of ether oxygens (including phenoxy) is 1. The van der Waals surface area contributed by atoms with Crippen LogP contribution in [-0.2, 0) is 9.53 Å². The van der Waals surface area contributed by atoms with E-state index in [1.807, 2.05) is 49.4 Å². The average molecular weight is 425 g/mol. The molecule has 7 nitrogen and oxygen atoms in total. The van der Waals surface area contributed by atoms with E-state index in [2.05, 4.69) is 33.0 Å². The Morgan fingerprint density at radius 2 is 1.90 bits per heavy atom. The highest BCUT2D eigenvalue weighted by atomic mass is 32.1. The zero-order valence-electron chi connectivity index (χ0n) is 16.9. The molecule has 156 valence electrons. The lowest BCUT2D eigenvalue weighted by Gasteiger charge is -2.31. The minimum absolute atomic E-state index is 0.0904. The van der Waals surface area contributed by atoms with Gasteiger partial charge in [-0.1, -0.05) is 53.8 Å². The molecule has 0 aliphatic carbocycles. The Balaban J connectivity index is 1.39. The summed E-state index contributed by atoms with van der Waals surface area (Å²) >= 11 is 1.53. The third kappa shape index (κ3) is 5.02. The highest BCUT2D eigenvalue weighted by Crippen LogP contribution is 2.24. The number of morpholine rings is 1. The number of carbonyl (C=O) groups excluding carboxylic acids is 1. The first-order chi connectivity index (χ1) is 14.7. The van der Waals surface area contributed by atoms with E-state index in [4.69, 9.17) is 4.74 Å². The van der Waals surface area contributed by atoms with Crippen molar-refractivity contribution in [3.05, 3.63) is 60.2 Å². The van der Waals surface area contributed by atoms with Gasteiger partial charge < -0.3 is 15.0 Å². The van der Waals surface area contributed by atoms with Crippen LogP contribution in [0.3, 0.4) is 0 Å². The quantitative estimate of drug-likeness (QED) is 0.400. The van der Waals surface area contributed by atoms with Crippen LogP contribution >= 0.6 is 11.3 Å². The summed E-state index contributed by atoms with van der Waals surface area (Å²) in [5.41, 5.74) is 5.70. The molecular formula is C22H26N5O2S+. The van der Waals surface area contributed by atoms with Crippen LogP contribution in [0.2, 0.25) is 0 Å². The molecule has 1 aromatic heterocycles. The topological polar surface area (TPSA) is 80.0 Å². The van der Waals surface area contributed by atoms with Gasteiger partial charge in [0.05, 0.1) is 35.7 Å². The third-order valence-corrected chi connectivity index (χ3v) is 6.14. The number of para-hydroxylation sites is 1. The zero-order chi connectivity index (χ0) is 20.8. The van der Waals surface area contributed by atoms with E-state index >= 15 is 0 Å². The number of amides is 1. The van der Waals surface area contributed by atoms with E-state index in [0.717, 1.165) is 47.4 Å². The van der Waals surface area contributed by atoms with Gasteiger partial charge in [0.25, 0.3) is 5.91 Å². The Morgan fingerprint density at radius 1 is 1.17 bits per heavy atom. The van der Waals surface area contributed by atoms with Gasteiger partial charge in [-0.2, -0.15) is 5.10 Å². The molecule has 3 N–H and O–H groups in total. The number of nitrogens with one attached hydrogen (secondary N) is 3. The van der Waals surface area contributed by atoms with Gasteiger partial charge in [0.15, 0.2) is 11.2 Å². The van der Waals surface area contributed by atoms with E-state index in [1.165, 1.54) is 21.8 Å². The molecule has 3 aromatic rings. The van der Waals surface area contributed by atoms with Gasteiger partial charge in [-0.3, -0.25) is 4.79 Å². The highest BCUT2D eigenvalue weighted by molar-refractivity contribution is 7.22. The van der Waals surface area contributed by atoms with Gasteiger partial charge in [-0.25, -0.2) is 10.4 Å². The minimum atomic E-state index is -0.197. The minimum Gasteiger partial charge on any atom is -0.370 e. The molecular weight excluding hydrogens is 398 g/mol. The number of nitrogens with zero attached hydrogens (tertiary/aromatic N) is 2. The monoisotopic (exact) mass is 424 g/mol. The van der Waals surface area contributed by atoms with Crippen molar-refractivity contribution in [1.82, 2.24) is 10.4 Å². The summed E-state index contributed by atoms with van der Waals surface area (Å²) in [6.07, 6.45) is 0. The van der Waals surface area contributed by atoms with Crippen molar-refractivity contribution in [2.24, 2.45) is 5.10 Å². The van der Waals surface area contributed by atoms with Crippen molar-refractivity contribution in [2.45, 2.75) is 13.0 Å². The molecule has 0 bridgehead atoms. The van der Waals surface area contributed by atoms with Crippen molar-refractivity contribution < 1.29 is 14.4 Å². The van der Waals surface area contributed by atoms with Gasteiger partial charge in [0.2, 0.25) is 0 Å². The number of thiazole rings is 1. The van der Waals surface area contributed by atoms with Crippen molar-refractivity contribution in [3.8, 4) is 0 Å². The second-order valence-electron chi connectivity index (χ2n) is 7.24. The number of hydrogen-bond donors (Lipinski definition) is 3. The predicted octanol–water partition coefficient (Wildman–Crippen LogP) is 1.86. The SMILES string of the molecule is C/C(=N/NC(=O)CNc1nc2ccccc2s1)[C@@H](c1ccccc1)[NH+]1CCOCC1. The summed E-state index contributed by atoms with van der Waals surface area (Å²) in [6, 6.07) is 18.3. The Labute approximate surface area is 179 Å². The zero-order valence-corrected chi connectivity index (χ0v) is 17.7. The maximum Gasteiger partial charge on any atom is 0.259 e. The Kier molecular flexibility index (Phi) is 6.68. The molecule has 1 saturated heterocycles. The summed E-state index contributed by atoms with van der Waals surface area (Å²) in [5.74, 6) is -0.197. The van der Waals surface area contributed by atoms with Gasteiger partial charge in [-0.05, 0) is 19.1 Å². The van der Waals surface area contributed by atoms with Crippen molar-refractivity contribution >= 4 is 38.3 Å². The Morgan fingerprint density at radius 3 is 2.67 bits per heavy atom. The van der Waals surface area contributed by atoms with Gasteiger partial charge in [-0.15, -0.1) is 0 Å². The van der Waals surface area contributed by atoms with Gasteiger partial charge >= 0.3 is 0 Å². The normalized spacial score (nSPS) is 16.4. The molecule has 0 radical (unpaired) electrons. The van der Waals surface area contributed by atoms with Crippen LogP contribution in [-0.4, -0.2) is 49.5 Å². The molecule has 1 atom stereocenters. The molecule has 2 heterocycles. The summed E-state index contributed by atoms with van der Waals surface area (Å²) in [6.45, 7) is 5.41. The third-order valence-electron chi connectivity index (χ3n) is 5.14. The molecule has 1 amide bonds. The van der Waals surface area contributed by atoms with Gasteiger partial charge in [0.1, 0.15) is 13.1 Å². The number of hydrazone groups is 1. The molecule has 0 spiro atoms. The fourth-order valence-electron chi connectivity index (χ4n) is 3.70. The maximum absolute atomic E-state index is 12.3. The standard InChI is InChI=1S/C22H25N5O2S/c1-16(21(17-7-3-2-4-8-17)27-11-13-29-14-12-27)25-26-20(28)15-23-22-24-18-9-5-6-10-19(18)30-22/h2-10,21H,11-15H2,1H3,(H,23,24)(H,26,28)/p+1/b25-16-/t21-/m0/s1. The number of carbonyl (C=O) groups is 1. The molecule has 0 unspecified atom stereocenters. The van der Waals surface area contributed by atoms with E-state index in [0.29, 0.717) is 0 Å². The Bertz CT molecular complexity index is 982. The second-order valence-corrected chi connectivity index (χ2v) is 8.27. The lowest BCUT2D eigenvalue weighted by atomic mass is 10.0. The molecule has 1 aliphatic heterocycles. The smallest absolute Gasteiger partial charge is 0.259 e. The Hall–Kier alpha value is -2.81. The number of quaternary nitrogens is 1. The van der Waals surface area contributed by atoms with E-state index in [-0.39, 0.29) is 18.5 Å². The summed E-state index contributed by atoms with van der Waals surface area (Å²) in [5, 5.41) is 8.24. The van der Waals surface area contributed by atoms with Crippen molar-refractivity contribution in [2.75, 3.05) is 38.2 Å². The van der Waals surface area contributed by atoms with Crippen LogP contribution in [0.25, 0.3) is 10.2 Å². The number of hydrogen-bond acceptors (Lipinski definition) is 6. The van der Waals surface area contributed by atoms with Crippen LogP contribution in [0.4, 0.5) is 5.13 Å². The summed E-state index contributed by atoms with van der Waals surface area (Å²) in [4.78, 5) is 18.2. The van der Waals surface area contributed by atoms with Crippen molar-refractivity contribution in [3.63, 3.8) is 0 Å². The number of aromatic nitrogens is 1. The highest BCUT2D eigenvalue weighted by Gasteiger charge is 2.29. The van der Waals surface area contributed by atoms with Crippen LogP contribution in [0.1, 0.15) is 18.5 Å². The number of fused-ring (bicyclic) bond motifs is 1.